The summed E-state index contributed by atoms with van der Waals surface area (Å²) in [7, 11) is 5.64. The Labute approximate surface area is 102 Å². The average molecular weight is 234 g/mol. The van der Waals surface area contributed by atoms with Gasteiger partial charge in [-0.2, -0.15) is 5.26 Å². The number of rotatable bonds is 6. The summed E-state index contributed by atoms with van der Waals surface area (Å²) in [4.78, 5) is 2.10. The summed E-state index contributed by atoms with van der Waals surface area (Å²) in [5.74, 6) is 1.29. The van der Waals surface area contributed by atoms with Gasteiger partial charge in [0.25, 0.3) is 0 Å². The van der Waals surface area contributed by atoms with Gasteiger partial charge in [-0.1, -0.05) is 0 Å². The summed E-state index contributed by atoms with van der Waals surface area (Å²) in [6, 6.07) is 7.25. The van der Waals surface area contributed by atoms with Gasteiger partial charge in [0.05, 0.1) is 25.3 Å². The molecule has 0 aromatic heterocycles. The Balaban J connectivity index is 2.59. The minimum atomic E-state index is 0.577. The van der Waals surface area contributed by atoms with Crippen molar-refractivity contribution >= 4 is 0 Å². The van der Waals surface area contributed by atoms with E-state index in [4.69, 9.17) is 14.7 Å². The Kier molecular flexibility index (Phi) is 5.31. The highest BCUT2D eigenvalue weighted by atomic mass is 16.5. The molecule has 0 fully saturated rings. The van der Waals surface area contributed by atoms with E-state index in [1.807, 2.05) is 14.1 Å². The molecule has 0 atom stereocenters. The van der Waals surface area contributed by atoms with Crippen LogP contribution in [-0.2, 0) is 0 Å². The van der Waals surface area contributed by atoms with Crippen molar-refractivity contribution in [1.29, 1.82) is 5.26 Å². The lowest BCUT2D eigenvalue weighted by Gasteiger charge is -2.12. The quantitative estimate of drug-likeness (QED) is 0.705. The number of benzene rings is 1. The van der Waals surface area contributed by atoms with Crippen molar-refractivity contribution in [2.24, 2.45) is 0 Å². The van der Waals surface area contributed by atoms with Crippen molar-refractivity contribution < 1.29 is 9.47 Å². The summed E-state index contributed by atoms with van der Waals surface area (Å²) in [5, 5.41) is 8.82. The van der Waals surface area contributed by atoms with Crippen LogP contribution in [0.25, 0.3) is 0 Å². The van der Waals surface area contributed by atoms with E-state index >= 15 is 0 Å². The van der Waals surface area contributed by atoms with Crippen LogP contribution in [0.5, 0.6) is 11.5 Å². The fourth-order valence-corrected chi connectivity index (χ4v) is 1.42. The zero-order valence-electron chi connectivity index (χ0n) is 10.6. The first-order valence-electron chi connectivity index (χ1n) is 5.53. The van der Waals surface area contributed by atoms with Gasteiger partial charge in [0.2, 0.25) is 0 Å². The number of nitrogens with zero attached hydrogens (tertiary/aromatic N) is 2. The molecule has 1 rings (SSSR count). The Bertz CT molecular complexity index is 397. The highest BCUT2D eigenvalue weighted by Crippen LogP contribution is 2.27. The summed E-state index contributed by atoms with van der Waals surface area (Å²) in [6.07, 6.45) is 0.937. The van der Waals surface area contributed by atoms with E-state index in [0.717, 1.165) is 13.0 Å². The van der Waals surface area contributed by atoms with Gasteiger partial charge in [-0.25, -0.2) is 0 Å². The molecule has 1 aromatic carbocycles. The van der Waals surface area contributed by atoms with E-state index in [0.29, 0.717) is 23.7 Å². The van der Waals surface area contributed by atoms with Crippen molar-refractivity contribution in [2.45, 2.75) is 6.42 Å². The predicted molar refractivity (Wildman–Crippen MR) is 66.4 cm³/mol. The maximum atomic E-state index is 8.82. The SMILES string of the molecule is COc1ccc(C#N)cc1OCCCN(C)C. The van der Waals surface area contributed by atoms with Gasteiger partial charge in [0, 0.05) is 12.6 Å². The van der Waals surface area contributed by atoms with Gasteiger partial charge in [-0.15, -0.1) is 0 Å². The molecule has 0 saturated carbocycles. The lowest BCUT2D eigenvalue weighted by Crippen LogP contribution is -2.15. The van der Waals surface area contributed by atoms with Crippen LogP contribution >= 0.6 is 0 Å². The second kappa shape index (κ2) is 6.77. The van der Waals surface area contributed by atoms with Gasteiger partial charge in [0.15, 0.2) is 11.5 Å². The fraction of sp³-hybridized carbons (Fsp3) is 0.462. The molecule has 4 heteroatoms. The predicted octanol–water partition coefficient (Wildman–Crippen LogP) is 1.90. The first-order valence-corrected chi connectivity index (χ1v) is 5.53. The van der Waals surface area contributed by atoms with Crippen LogP contribution in [0, 0.1) is 11.3 Å². The van der Waals surface area contributed by atoms with Gasteiger partial charge in [-0.3, -0.25) is 0 Å². The van der Waals surface area contributed by atoms with Gasteiger partial charge in [-0.05, 0) is 32.6 Å². The molecule has 0 aliphatic heterocycles. The molecule has 0 amide bonds. The molecule has 92 valence electrons. The lowest BCUT2D eigenvalue weighted by atomic mass is 10.2. The average Bonchev–Trinajstić information content (AvgIpc) is 2.34. The van der Waals surface area contributed by atoms with E-state index in [-0.39, 0.29) is 0 Å². The standard InChI is InChI=1S/C13H18N2O2/c1-15(2)7-4-8-17-13-9-11(10-14)5-6-12(13)16-3/h5-6,9H,4,7-8H2,1-3H3. The van der Waals surface area contributed by atoms with Crippen molar-refractivity contribution in [3.05, 3.63) is 23.8 Å². The highest BCUT2D eigenvalue weighted by Gasteiger charge is 2.05. The molecule has 17 heavy (non-hydrogen) atoms. The number of hydrogen-bond donors (Lipinski definition) is 0. The second-order valence-corrected chi connectivity index (χ2v) is 3.98. The zero-order valence-corrected chi connectivity index (χ0v) is 10.6. The Hall–Kier alpha value is -1.73. The monoisotopic (exact) mass is 234 g/mol. The van der Waals surface area contributed by atoms with E-state index in [1.54, 1.807) is 25.3 Å². The molecule has 0 N–H and O–H groups in total. The first-order chi connectivity index (χ1) is 8.17. The maximum Gasteiger partial charge on any atom is 0.162 e. The summed E-state index contributed by atoms with van der Waals surface area (Å²) < 4.78 is 10.8. The van der Waals surface area contributed by atoms with E-state index in [2.05, 4.69) is 11.0 Å². The van der Waals surface area contributed by atoms with Crippen molar-refractivity contribution in [3.8, 4) is 17.6 Å². The van der Waals surface area contributed by atoms with Crippen LogP contribution in [0.15, 0.2) is 18.2 Å². The highest BCUT2D eigenvalue weighted by molar-refractivity contribution is 5.46. The Morgan fingerprint density at radius 1 is 1.29 bits per heavy atom. The molecular weight excluding hydrogens is 216 g/mol. The van der Waals surface area contributed by atoms with Crippen LogP contribution in [0.3, 0.4) is 0 Å². The third-order valence-electron chi connectivity index (χ3n) is 2.30. The normalized spacial score (nSPS) is 10.1. The largest absolute Gasteiger partial charge is 0.493 e. The van der Waals surface area contributed by atoms with E-state index in [9.17, 15) is 0 Å². The lowest BCUT2D eigenvalue weighted by molar-refractivity contribution is 0.268. The topological polar surface area (TPSA) is 45.5 Å². The van der Waals surface area contributed by atoms with Gasteiger partial charge >= 0.3 is 0 Å². The van der Waals surface area contributed by atoms with Crippen LogP contribution in [-0.4, -0.2) is 39.3 Å². The number of methoxy groups -OCH3 is 1. The van der Waals surface area contributed by atoms with Crippen LogP contribution in [0.4, 0.5) is 0 Å². The molecular formula is C13H18N2O2. The smallest absolute Gasteiger partial charge is 0.162 e. The zero-order chi connectivity index (χ0) is 12.7. The van der Waals surface area contributed by atoms with E-state index < -0.39 is 0 Å². The second-order valence-electron chi connectivity index (χ2n) is 3.98. The fourth-order valence-electron chi connectivity index (χ4n) is 1.42. The molecule has 0 heterocycles. The summed E-state index contributed by atoms with van der Waals surface area (Å²) in [5.41, 5.74) is 0.577. The van der Waals surface area contributed by atoms with Crippen LogP contribution < -0.4 is 9.47 Å². The van der Waals surface area contributed by atoms with E-state index in [1.165, 1.54) is 0 Å². The molecule has 0 saturated heterocycles. The van der Waals surface area contributed by atoms with Crippen LogP contribution in [0.2, 0.25) is 0 Å². The minimum absolute atomic E-state index is 0.577. The number of hydrogen-bond acceptors (Lipinski definition) is 4. The van der Waals surface area contributed by atoms with Gasteiger partial charge < -0.3 is 14.4 Å². The Morgan fingerprint density at radius 3 is 2.65 bits per heavy atom. The number of ether oxygens (including phenoxy) is 2. The van der Waals surface area contributed by atoms with Crippen molar-refractivity contribution in [2.75, 3.05) is 34.4 Å². The third kappa shape index (κ3) is 4.33. The minimum Gasteiger partial charge on any atom is -0.493 e. The molecule has 4 nitrogen and oxygen atoms in total. The molecule has 0 aliphatic carbocycles. The first kappa shape index (κ1) is 13.3. The molecule has 0 bridgehead atoms. The molecule has 1 aromatic rings. The van der Waals surface area contributed by atoms with Crippen LogP contribution in [0.1, 0.15) is 12.0 Å². The van der Waals surface area contributed by atoms with Gasteiger partial charge in [0.1, 0.15) is 0 Å². The summed E-state index contributed by atoms with van der Waals surface area (Å²) in [6.45, 7) is 1.59. The molecule has 0 radical (unpaired) electrons. The Morgan fingerprint density at radius 2 is 2.06 bits per heavy atom. The van der Waals surface area contributed by atoms with Crippen molar-refractivity contribution in [1.82, 2.24) is 4.90 Å². The molecule has 0 unspecified atom stereocenters. The van der Waals surface area contributed by atoms with Crippen molar-refractivity contribution in [3.63, 3.8) is 0 Å². The third-order valence-corrected chi connectivity index (χ3v) is 2.30. The maximum absolute atomic E-state index is 8.82. The number of nitriles is 1. The summed E-state index contributed by atoms with van der Waals surface area (Å²) >= 11 is 0. The molecule has 0 spiro atoms. The molecule has 0 aliphatic rings.